The zero-order chi connectivity index (χ0) is 24.2. The first-order valence-corrected chi connectivity index (χ1v) is 11.4. The van der Waals surface area contributed by atoms with Gasteiger partial charge in [0.1, 0.15) is 11.4 Å². The lowest BCUT2D eigenvalue weighted by Crippen LogP contribution is -2.43. The van der Waals surface area contributed by atoms with E-state index in [-0.39, 0.29) is 11.7 Å². The van der Waals surface area contributed by atoms with Gasteiger partial charge in [-0.1, -0.05) is 12.0 Å². The molecule has 0 spiro atoms. The minimum atomic E-state index is -0.330. The number of hydrogen-bond acceptors (Lipinski definition) is 7. The SMILES string of the molecule is CN1CCN(Cc2ccc(NC(=O)c3cncc(C#Cc4cnc5cccnn45)c3)cc2O)CC1. The number of nitrogens with zero attached hydrogens (tertiary/aromatic N) is 6. The monoisotopic (exact) mass is 467 g/mol. The van der Waals surface area contributed by atoms with Crippen molar-refractivity contribution in [3.8, 4) is 17.6 Å². The molecule has 1 fully saturated rings. The van der Waals surface area contributed by atoms with Gasteiger partial charge in [-0.2, -0.15) is 5.10 Å². The molecule has 176 valence electrons. The summed E-state index contributed by atoms with van der Waals surface area (Å²) in [7, 11) is 2.11. The molecule has 1 saturated heterocycles. The number of fused-ring (bicyclic) bond motifs is 1. The first-order chi connectivity index (χ1) is 17.0. The van der Waals surface area contributed by atoms with Crippen LogP contribution in [0.15, 0.2) is 61.2 Å². The molecule has 1 amide bonds. The Kier molecular flexibility index (Phi) is 6.39. The van der Waals surface area contributed by atoms with E-state index in [0.29, 0.717) is 34.7 Å². The van der Waals surface area contributed by atoms with Gasteiger partial charge >= 0.3 is 0 Å². The summed E-state index contributed by atoms with van der Waals surface area (Å²) in [6, 6.07) is 10.6. The highest BCUT2D eigenvalue weighted by Gasteiger charge is 2.16. The van der Waals surface area contributed by atoms with Crippen LogP contribution in [0.5, 0.6) is 5.75 Å². The van der Waals surface area contributed by atoms with Crippen LogP contribution in [0.3, 0.4) is 0 Å². The topological polar surface area (TPSA) is 98.9 Å². The van der Waals surface area contributed by atoms with Crippen LogP contribution in [0.2, 0.25) is 0 Å². The molecule has 4 heterocycles. The smallest absolute Gasteiger partial charge is 0.257 e. The molecule has 9 heteroatoms. The van der Waals surface area contributed by atoms with E-state index in [2.05, 4.69) is 49.1 Å². The Morgan fingerprint density at radius 2 is 1.94 bits per heavy atom. The van der Waals surface area contributed by atoms with Gasteiger partial charge in [0.15, 0.2) is 5.65 Å². The fraction of sp³-hybridized carbons (Fsp3) is 0.231. The molecule has 1 aliphatic heterocycles. The molecular weight excluding hydrogens is 442 g/mol. The molecule has 0 saturated carbocycles. The lowest BCUT2D eigenvalue weighted by molar-refractivity contribution is 0.102. The lowest BCUT2D eigenvalue weighted by Gasteiger charge is -2.32. The van der Waals surface area contributed by atoms with Crippen LogP contribution in [0.1, 0.15) is 27.2 Å². The van der Waals surface area contributed by atoms with Gasteiger partial charge in [0.25, 0.3) is 5.91 Å². The van der Waals surface area contributed by atoms with E-state index >= 15 is 0 Å². The van der Waals surface area contributed by atoms with Gasteiger partial charge in [0.2, 0.25) is 0 Å². The number of phenolic OH excluding ortho intramolecular Hbond substituents is 1. The maximum Gasteiger partial charge on any atom is 0.257 e. The predicted octanol–water partition coefficient (Wildman–Crippen LogP) is 2.23. The van der Waals surface area contributed by atoms with Crippen LogP contribution in [0, 0.1) is 11.8 Å². The summed E-state index contributed by atoms with van der Waals surface area (Å²) in [6.45, 7) is 4.65. The number of piperazine rings is 1. The number of phenols is 1. The Bertz CT molecular complexity index is 1430. The highest BCUT2D eigenvalue weighted by molar-refractivity contribution is 6.04. The van der Waals surface area contributed by atoms with Gasteiger partial charge in [0, 0.05) is 74.2 Å². The largest absolute Gasteiger partial charge is 0.508 e. The van der Waals surface area contributed by atoms with Crippen molar-refractivity contribution in [2.75, 3.05) is 38.5 Å². The quantitative estimate of drug-likeness (QED) is 0.444. The second kappa shape index (κ2) is 9.93. The van der Waals surface area contributed by atoms with Crippen molar-refractivity contribution >= 4 is 17.2 Å². The molecule has 0 radical (unpaired) electrons. The number of pyridine rings is 1. The van der Waals surface area contributed by atoms with Crippen molar-refractivity contribution < 1.29 is 9.90 Å². The van der Waals surface area contributed by atoms with E-state index in [4.69, 9.17) is 0 Å². The number of anilines is 1. The van der Waals surface area contributed by atoms with E-state index < -0.39 is 0 Å². The molecule has 1 aromatic carbocycles. The Morgan fingerprint density at radius 3 is 2.77 bits per heavy atom. The van der Waals surface area contributed by atoms with Crippen LogP contribution < -0.4 is 5.32 Å². The molecule has 5 rings (SSSR count). The molecule has 4 aromatic rings. The number of rotatable bonds is 4. The number of imidazole rings is 1. The van der Waals surface area contributed by atoms with Crippen molar-refractivity contribution in [1.82, 2.24) is 29.4 Å². The highest BCUT2D eigenvalue weighted by atomic mass is 16.3. The summed E-state index contributed by atoms with van der Waals surface area (Å²) in [5.41, 5.74) is 3.67. The van der Waals surface area contributed by atoms with E-state index in [0.717, 1.165) is 31.7 Å². The van der Waals surface area contributed by atoms with Crippen LogP contribution in [-0.4, -0.2) is 73.6 Å². The van der Waals surface area contributed by atoms with Crippen LogP contribution in [0.25, 0.3) is 5.65 Å². The number of nitrogens with one attached hydrogen (secondary N) is 1. The average molecular weight is 468 g/mol. The Balaban J connectivity index is 1.26. The average Bonchev–Trinajstić information content (AvgIpc) is 3.29. The molecule has 35 heavy (non-hydrogen) atoms. The number of amides is 1. The maximum atomic E-state index is 12.8. The second-order valence-corrected chi connectivity index (χ2v) is 8.53. The first kappa shape index (κ1) is 22.5. The molecule has 1 aliphatic rings. The number of hydrogen-bond donors (Lipinski definition) is 2. The number of carbonyl (C=O) groups excluding carboxylic acids is 1. The molecule has 0 atom stereocenters. The second-order valence-electron chi connectivity index (χ2n) is 8.53. The number of likely N-dealkylation sites (N-methyl/N-ethyl adjacent to an activating group) is 1. The summed E-state index contributed by atoms with van der Waals surface area (Å²) in [6.07, 6.45) is 6.40. The standard InChI is InChI=1S/C26H25N7O2/c1-31-9-11-32(12-10-31)18-20-5-6-22(14-24(20)34)30-26(35)21-13-19(15-27-16-21)4-7-23-17-28-25-3-2-8-29-33(23)25/h2-3,5-6,8,13-17,34H,9-12,18H2,1H3,(H,30,35). The first-order valence-electron chi connectivity index (χ1n) is 11.4. The van der Waals surface area contributed by atoms with Crippen molar-refractivity contribution in [2.24, 2.45) is 0 Å². The Morgan fingerprint density at radius 1 is 1.09 bits per heavy atom. The molecule has 2 N–H and O–H groups in total. The van der Waals surface area contributed by atoms with Crippen LogP contribution >= 0.6 is 0 Å². The van der Waals surface area contributed by atoms with E-state index in [1.807, 2.05) is 18.2 Å². The molecular formula is C26H25N7O2. The zero-order valence-corrected chi connectivity index (χ0v) is 19.3. The fourth-order valence-electron chi connectivity index (χ4n) is 3.91. The van der Waals surface area contributed by atoms with Crippen LogP contribution in [-0.2, 0) is 6.54 Å². The molecule has 3 aromatic heterocycles. The van der Waals surface area contributed by atoms with Crippen LogP contribution in [0.4, 0.5) is 5.69 Å². The number of aromatic nitrogens is 4. The fourth-order valence-corrected chi connectivity index (χ4v) is 3.91. The van der Waals surface area contributed by atoms with Crippen molar-refractivity contribution in [2.45, 2.75) is 6.54 Å². The van der Waals surface area contributed by atoms with Gasteiger partial charge in [-0.25, -0.2) is 9.50 Å². The summed E-state index contributed by atoms with van der Waals surface area (Å²) < 4.78 is 1.65. The van der Waals surface area contributed by atoms with Gasteiger partial charge in [-0.05, 0) is 37.2 Å². The van der Waals surface area contributed by atoms with Crippen molar-refractivity contribution in [1.29, 1.82) is 0 Å². The summed E-state index contributed by atoms with van der Waals surface area (Å²) in [5, 5.41) is 17.6. The normalized spacial score (nSPS) is 14.4. The Labute approximate surface area is 203 Å². The summed E-state index contributed by atoms with van der Waals surface area (Å²) in [4.78, 5) is 25.8. The third-order valence-electron chi connectivity index (χ3n) is 5.95. The zero-order valence-electron chi connectivity index (χ0n) is 19.3. The predicted molar refractivity (Wildman–Crippen MR) is 132 cm³/mol. The van der Waals surface area contributed by atoms with Crippen molar-refractivity contribution in [3.05, 3.63) is 83.6 Å². The van der Waals surface area contributed by atoms with Gasteiger partial charge in [-0.15, -0.1) is 0 Å². The summed E-state index contributed by atoms with van der Waals surface area (Å²) >= 11 is 0. The summed E-state index contributed by atoms with van der Waals surface area (Å²) in [5.74, 6) is 5.88. The molecule has 0 bridgehead atoms. The number of aromatic hydroxyl groups is 1. The van der Waals surface area contributed by atoms with E-state index in [1.165, 1.54) is 6.20 Å². The number of benzene rings is 1. The van der Waals surface area contributed by atoms with E-state index in [9.17, 15) is 9.90 Å². The third kappa shape index (κ3) is 5.30. The minimum absolute atomic E-state index is 0.168. The molecule has 0 unspecified atom stereocenters. The molecule has 9 nitrogen and oxygen atoms in total. The maximum absolute atomic E-state index is 12.8. The highest BCUT2D eigenvalue weighted by Crippen LogP contribution is 2.24. The van der Waals surface area contributed by atoms with Gasteiger partial charge < -0.3 is 15.3 Å². The Hall–Kier alpha value is -4.26. The minimum Gasteiger partial charge on any atom is -0.508 e. The van der Waals surface area contributed by atoms with Gasteiger partial charge in [0.05, 0.1) is 11.8 Å². The molecule has 0 aliphatic carbocycles. The third-order valence-corrected chi connectivity index (χ3v) is 5.95. The lowest BCUT2D eigenvalue weighted by atomic mass is 10.1. The van der Waals surface area contributed by atoms with Gasteiger partial charge in [-0.3, -0.25) is 14.7 Å². The van der Waals surface area contributed by atoms with E-state index in [1.54, 1.807) is 41.3 Å². The van der Waals surface area contributed by atoms with Crippen molar-refractivity contribution in [3.63, 3.8) is 0 Å². The number of carbonyl (C=O) groups is 1.